The molecule has 0 spiro atoms. The zero-order valence-corrected chi connectivity index (χ0v) is 17.6. The van der Waals surface area contributed by atoms with Crippen molar-refractivity contribution >= 4 is 11.8 Å². The smallest absolute Gasteiger partial charge is 0.254 e. The molecule has 5 heteroatoms. The van der Waals surface area contributed by atoms with Gasteiger partial charge in [-0.1, -0.05) is 43.2 Å². The first kappa shape index (κ1) is 20.5. The van der Waals surface area contributed by atoms with Crippen LogP contribution in [0.1, 0.15) is 41.6 Å². The Morgan fingerprint density at radius 2 is 1.73 bits per heavy atom. The summed E-state index contributed by atoms with van der Waals surface area (Å²) >= 11 is 0. The average Bonchev–Trinajstić information content (AvgIpc) is 3.29. The topological polar surface area (TPSA) is 49.9 Å². The minimum atomic E-state index is -0.0930. The number of hydrogen-bond acceptors (Lipinski definition) is 3. The Hall–Kier alpha value is -2.82. The third kappa shape index (κ3) is 4.66. The van der Waals surface area contributed by atoms with Gasteiger partial charge in [0.25, 0.3) is 5.91 Å². The van der Waals surface area contributed by atoms with Crippen molar-refractivity contribution in [2.75, 3.05) is 26.7 Å². The number of ether oxygens (including phenoxy) is 1. The lowest BCUT2D eigenvalue weighted by atomic mass is 9.98. The van der Waals surface area contributed by atoms with Gasteiger partial charge in [-0.15, -0.1) is 0 Å². The number of methoxy groups -OCH3 is 1. The van der Waals surface area contributed by atoms with Gasteiger partial charge in [0.05, 0.1) is 13.2 Å². The lowest BCUT2D eigenvalue weighted by Gasteiger charge is -2.42. The summed E-state index contributed by atoms with van der Waals surface area (Å²) in [6.07, 6.45) is 5.70. The normalized spacial score (nSPS) is 19.9. The monoisotopic (exact) mass is 406 g/mol. The molecule has 0 bridgehead atoms. The molecule has 4 rings (SSSR count). The van der Waals surface area contributed by atoms with Crippen LogP contribution >= 0.6 is 0 Å². The van der Waals surface area contributed by atoms with Crippen LogP contribution in [0.3, 0.4) is 0 Å². The Morgan fingerprint density at radius 1 is 1.03 bits per heavy atom. The first-order valence-electron chi connectivity index (χ1n) is 10.9. The lowest BCUT2D eigenvalue weighted by Crippen LogP contribution is -2.59. The molecule has 0 radical (unpaired) electrons. The van der Waals surface area contributed by atoms with Crippen LogP contribution in [-0.4, -0.2) is 54.4 Å². The predicted octanol–water partition coefficient (Wildman–Crippen LogP) is 3.78. The summed E-state index contributed by atoms with van der Waals surface area (Å²) in [4.78, 5) is 30.0. The maximum atomic E-state index is 13.1. The van der Waals surface area contributed by atoms with E-state index in [-0.39, 0.29) is 24.4 Å². The summed E-state index contributed by atoms with van der Waals surface area (Å²) in [7, 11) is 1.60. The molecule has 1 aliphatic heterocycles. The van der Waals surface area contributed by atoms with Crippen molar-refractivity contribution in [3.05, 3.63) is 65.7 Å². The third-order valence-corrected chi connectivity index (χ3v) is 6.39. The molecule has 30 heavy (non-hydrogen) atoms. The van der Waals surface area contributed by atoms with Gasteiger partial charge < -0.3 is 14.5 Å². The SMILES string of the molecule is COc1ccc(C(=O)N2CC(=O)N(CC3CCCC3)[C@@H](Cc3ccccc3)C2)cc1. The van der Waals surface area contributed by atoms with Crippen LogP contribution in [0, 0.1) is 5.92 Å². The van der Waals surface area contributed by atoms with Gasteiger partial charge in [-0.05, 0) is 55.0 Å². The third-order valence-electron chi connectivity index (χ3n) is 6.39. The quantitative estimate of drug-likeness (QED) is 0.734. The van der Waals surface area contributed by atoms with Crippen LogP contribution in [0.15, 0.2) is 54.6 Å². The van der Waals surface area contributed by atoms with Crippen molar-refractivity contribution in [3.63, 3.8) is 0 Å². The minimum absolute atomic E-state index is 0.0106. The number of amides is 2. The average molecular weight is 407 g/mol. The fourth-order valence-corrected chi connectivity index (χ4v) is 4.73. The first-order chi connectivity index (χ1) is 14.6. The maximum Gasteiger partial charge on any atom is 0.254 e. The zero-order chi connectivity index (χ0) is 20.9. The molecule has 5 nitrogen and oxygen atoms in total. The van der Waals surface area contributed by atoms with Crippen LogP contribution in [0.4, 0.5) is 0 Å². The molecule has 158 valence electrons. The summed E-state index contributed by atoms with van der Waals surface area (Å²) in [6, 6.07) is 17.4. The van der Waals surface area contributed by atoms with Gasteiger partial charge in [0, 0.05) is 18.7 Å². The fraction of sp³-hybridized carbons (Fsp3) is 0.440. The molecular weight excluding hydrogens is 376 g/mol. The Bertz CT molecular complexity index is 860. The lowest BCUT2D eigenvalue weighted by molar-refractivity contribution is -0.139. The second-order valence-corrected chi connectivity index (χ2v) is 8.45. The fourth-order valence-electron chi connectivity index (χ4n) is 4.73. The number of nitrogens with zero attached hydrogens (tertiary/aromatic N) is 2. The molecule has 2 aromatic rings. The molecule has 1 saturated carbocycles. The van der Waals surface area contributed by atoms with Crippen molar-refractivity contribution in [1.29, 1.82) is 0 Å². The summed E-state index contributed by atoms with van der Waals surface area (Å²) in [5.74, 6) is 1.28. The number of benzene rings is 2. The molecule has 0 unspecified atom stereocenters. The number of piperazine rings is 1. The summed E-state index contributed by atoms with van der Waals surface area (Å²) in [6.45, 7) is 1.54. The second kappa shape index (κ2) is 9.33. The number of carbonyl (C=O) groups is 2. The van der Waals surface area contributed by atoms with Gasteiger partial charge in [-0.2, -0.15) is 0 Å². The van der Waals surface area contributed by atoms with E-state index >= 15 is 0 Å². The zero-order valence-electron chi connectivity index (χ0n) is 17.6. The molecule has 1 heterocycles. The number of rotatable bonds is 6. The van der Waals surface area contributed by atoms with Gasteiger partial charge in [-0.3, -0.25) is 9.59 Å². The number of carbonyl (C=O) groups excluding carboxylic acids is 2. The molecule has 2 aromatic carbocycles. The molecule has 0 aromatic heterocycles. The van der Waals surface area contributed by atoms with E-state index < -0.39 is 0 Å². The van der Waals surface area contributed by atoms with Crippen molar-refractivity contribution in [2.45, 2.75) is 38.1 Å². The van der Waals surface area contributed by atoms with Crippen LogP contribution < -0.4 is 4.74 Å². The molecular formula is C25H30N2O3. The Balaban J connectivity index is 1.52. The Morgan fingerprint density at radius 3 is 2.40 bits per heavy atom. The Kier molecular flexibility index (Phi) is 6.36. The molecule has 0 N–H and O–H groups in total. The van der Waals surface area contributed by atoms with E-state index in [9.17, 15) is 9.59 Å². The maximum absolute atomic E-state index is 13.1. The molecule has 2 fully saturated rings. The Labute approximate surface area is 178 Å². The van der Waals surface area contributed by atoms with E-state index in [1.54, 1.807) is 36.3 Å². The van der Waals surface area contributed by atoms with Gasteiger partial charge in [-0.25, -0.2) is 0 Å². The van der Waals surface area contributed by atoms with Crippen LogP contribution in [0.5, 0.6) is 5.75 Å². The van der Waals surface area contributed by atoms with Crippen molar-refractivity contribution in [3.8, 4) is 5.75 Å². The van der Waals surface area contributed by atoms with E-state index in [2.05, 4.69) is 17.0 Å². The van der Waals surface area contributed by atoms with E-state index in [1.165, 1.54) is 31.2 Å². The predicted molar refractivity (Wildman–Crippen MR) is 117 cm³/mol. The van der Waals surface area contributed by atoms with Crippen molar-refractivity contribution in [1.82, 2.24) is 9.80 Å². The number of hydrogen-bond donors (Lipinski definition) is 0. The van der Waals surface area contributed by atoms with Crippen LogP contribution in [0.25, 0.3) is 0 Å². The molecule has 1 aliphatic carbocycles. The summed E-state index contributed by atoms with van der Waals surface area (Å²) < 4.78 is 5.19. The van der Waals surface area contributed by atoms with Gasteiger partial charge in [0.1, 0.15) is 12.3 Å². The van der Waals surface area contributed by atoms with Crippen molar-refractivity contribution in [2.24, 2.45) is 5.92 Å². The summed E-state index contributed by atoms with van der Waals surface area (Å²) in [5.41, 5.74) is 1.79. The highest BCUT2D eigenvalue weighted by Gasteiger charge is 2.36. The highest BCUT2D eigenvalue weighted by Crippen LogP contribution is 2.28. The van der Waals surface area contributed by atoms with E-state index in [0.717, 1.165) is 13.0 Å². The largest absolute Gasteiger partial charge is 0.497 e. The van der Waals surface area contributed by atoms with E-state index in [4.69, 9.17) is 4.74 Å². The van der Waals surface area contributed by atoms with Crippen LogP contribution in [0.2, 0.25) is 0 Å². The summed E-state index contributed by atoms with van der Waals surface area (Å²) in [5, 5.41) is 0. The van der Waals surface area contributed by atoms with Gasteiger partial charge in [0.15, 0.2) is 0 Å². The van der Waals surface area contributed by atoms with Crippen LogP contribution in [-0.2, 0) is 11.2 Å². The van der Waals surface area contributed by atoms with Gasteiger partial charge in [0.2, 0.25) is 5.91 Å². The van der Waals surface area contributed by atoms with E-state index in [1.807, 2.05) is 18.2 Å². The second-order valence-electron chi connectivity index (χ2n) is 8.45. The molecule has 2 amide bonds. The molecule has 1 atom stereocenters. The standard InChI is InChI=1S/C25H30N2O3/c1-30-23-13-11-21(12-14-23)25(29)26-17-22(15-19-7-3-2-4-8-19)27(24(28)18-26)16-20-9-5-6-10-20/h2-4,7-8,11-14,20,22H,5-6,9-10,15-18H2,1H3/t22-/m0/s1. The molecule has 1 saturated heterocycles. The minimum Gasteiger partial charge on any atom is -0.497 e. The van der Waals surface area contributed by atoms with Crippen molar-refractivity contribution < 1.29 is 14.3 Å². The molecule has 2 aliphatic rings. The highest BCUT2D eigenvalue weighted by atomic mass is 16.5. The van der Waals surface area contributed by atoms with Gasteiger partial charge >= 0.3 is 0 Å². The first-order valence-corrected chi connectivity index (χ1v) is 10.9. The van der Waals surface area contributed by atoms with E-state index in [0.29, 0.717) is 23.8 Å². The highest BCUT2D eigenvalue weighted by molar-refractivity contribution is 5.97.